The minimum Gasteiger partial charge on any atom is -0.185 e. The van der Waals surface area contributed by atoms with E-state index in [9.17, 15) is 0 Å². The van der Waals surface area contributed by atoms with E-state index < -0.39 is 0 Å². The van der Waals surface area contributed by atoms with E-state index in [4.69, 9.17) is 0 Å². The van der Waals surface area contributed by atoms with Crippen LogP contribution in [-0.4, -0.2) is 14.1 Å². The maximum Gasteiger partial charge on any atom is 0.292 e. The number of aromatic nitrogens is 1. The fourth-order valence-corrected chi connectivity index (χ4v) is 3.36. The monoisotopic (exact) mass is 281 g/mol. The van der Waals surface area contributed by atoms with Gasteiger partial charge in [-0.3, -0.25) is 0 Å². The van der Waals surface area contributed by atoms with E-state index in [-0.39, 0.29) is 0 Å². The second-order valence-corrected chi connectivity index (χ2v) is 5.87. The molecule has 0 spiro atoms. The summed E-state index contributed by atoms with van der Waals surface area (Å²) in [6, 6.07) is 18.9. The normalized spacial score (nSPS) is 11.3. The van der Waals surface area contributed by atoms with E-state index in [0.717, 1.165) is 0 Å². The molecule has 0 fully saturated rings. The summed E-state index contributed by atoms with van der Waals surface area (Å²) in [6.45, 7) is 0. The van der Waals surface area contributed by atoms with Gasteiger partial charge in [-0.25, -0.2) is 0 Å². The second-order valence-electron chi connectivity index (χ2n) is 4.81. The molecule has 100 valence electrons. The highest BCUT2D eigenvalue weighted by molar-refractivity contribution is 7.18. The van der Waals surface area contributed by atoms with Crippen molar-refractivity contribution in [3.63, 3.8) is 0 Å². The first kappa shape index (κ1) is 12.9. The molecule has 20 heavy (non-hydrogen) atoms. The zero-order valence-electron chi connectivity index (χ0n) is 11.7. The highest BCUT2D eigenvalue weighted by Gasteiger charge is 2.20. The van der Waals surface area contributed by atoms with Crippen LogP contribution in [0.25, 0.3) is 22.4 Å². The van der Waals surface area contributed by atoms with Gasteiger partial charge in [-0.1, -0.05) is 58.5 Å². The molecule has 0 saturated heterocycles. The van der Waals surface area contributed by atoms with Crippen molar-refractivity contribution in [3.8, 4) is 0 Å². The summed E-state index contributed by atoms with van der Waals surface area (Å²) in [4.78, 5) is 0. The van der Waals surface area contributed by atoms with Crippen LogP contribution >= 0.6 is 11.3 Å². The lowest BCUT2D eigenvalue weighted by atomic mass is 10.2. The number of benzene rings is 2. The average molecular weight is 281 g/mol. The molecule has 3 heteroatoms. The van der Waals surface area contributed by atoms with Crippen LogP contribution in [0, 0.1) is 0 Å². The summed E-state index contributed by atoms with van der Waals surface area (Å²) in [5.41, 5.74) is 2.46. The van der Waals surface area contributed by atoms with Crippen molar-refractivity contribution < 1.29 is 4.68 Å². The molecule has 0 radical (unpaired) electrons. The Kier molecular flexibility index (Phi) is 3.52. The molecule has 0 unspecified atom stereocenters. The van der Waals surface area contributed by atoms with Crippen LogP contribution in [0.5, 0.6) is 0 Å². The van der Waals surface area contributed by atoms with Gasteiger partial charge in [-0.05, 0) is 17.7 Å². The SMILES string of the molecule is CN(C)[n+]1c(C=Cc2ccccc2)sc2ccccc21. The molecular weight excluding hydrogens is 264 g/mol. The summed E-state index contributed by atoms with van der Waals surface area (Å²) in [6.07, 6.45) is 4.34. The van der Waals surface area contributed by atoms with Crippen molar-refractivity contribution in [1.82, 2.24) is 0 Å². The Morgan fingerprint density at radius 1 is 0.900 bits per heavy atom. The molecule has 0 N–H and O–H groups in total. The van der Waals surface area contributed by atoms with Gasteiger partial charge in [0.2, 0.25) is 0 Å². The molecule has 0 aliphatic carbocycles. The number of hydrogen-bond acceptors (Lipinski definition) is 2. The molecule has 2 aromatic carbocycles. The van der Waals surface area contributed by atoms with Gasteiger partial charge in [-0.15, -0.1) is 0 Å². The summed E-state index contributed by atoms with van der Waals surface area (Å²) in [5.74, 6) is 0. The molecule has 0 aliphatic heterocycles. The first-order valence-corrected chi connectivity index (χ1v) is 7.42. The van der Waals surface area contributed by atoms with Crippen molar-refractivity contribution in [3.05, 3.63) is 65.2 Å². The summed E-state index contributed by atoms with van der Waals surface area (Å²) < 4.78 is 3.54. The van der Waals surface area contributed by atoms with Crippen molar-refractivity contribution in [1.29, 1.82) is 0 Å². The largest absolute Gasteiger partial charge is 0.292 e. The van der Waals surface area contributed by atoms with Gasteiger partial charge < -0.3 is 0 Å². The summed E-state index contributed by atoms with van der Waals surface area (Å²) in [5, 5.41) is 3.34. The molecule has 2 nitrogen and oxygen atoms in total. The molecule has 0 amide bonds. The van der Waals surface area contributed by atoms with Gasteiger partial charge in [0.05, 0.1) is 14.1 Å². The van der Waals surface area contributed by atoms with E-state index in [2.05, 4.69) is 84.5 Å². The molecule has 0 atom stereocenters. The van der Waals surface area contributed by atoms with Gasteiger partial charge in [0, 0.05) is 12.1 Å². The molecule has 3 rings (SSSR count). The number of hydrogen-bond donors (Lipinski definition) is 0. The summed E-state index contributed by atoms with van der Waals surface area (Å²) >= 11 is 1.81. The maximum absolute atomic E-state index is 2.24. The van der Waals surface area contributed by atoms with Crippen LogP contribution < -0.4 is 9.69 Å². The molecule has 1 heterocycles. The first-order chi connectivity index (χ1) is 9.75. The lowest BCUT2D eigenvalue weighted by Crippen LogP contribution is -2.53. The third-order valence-electron chi connectivity index (χ3n) is 3.13. The lowest BCUT2D eigenvalue weighted by molar-refractivity contribution is -0.658. The van der Waals surface area contributed by atoms with Crippen molar-refractivity contribution in [2.45, 2.75) is 0 Å². The minimum atomic E-state index is 1.22. The second kappa shape index (κ2) is 5.47. The standard InChI is InChI=1S/C17H17N2S/c1-18(2)19-15-10-6-7-11-16(15)20-17(19)13-12-14-8-4-3-5-9-14/h3-13H,1-2H3/q+1. The van der Waals surface area contributed by atoms with E-state index in [1.54, 1.807) is 11.3 Å². The van der Waals surface area contributed by atoms with E-state index >= 15 is 0 Å². The number of thiazole rings is 1. The van der Waals surface area contributed by atoms with Gasteiger partial charge in [0.25, 0.3) is 10.5 Å². The Balaban J connectivity index is 2.07. The number of fused-ring (bicyclic) bond motifs is 1. The molecular formula is C17H17N2S+. The third kappa shape index (κ3) is 2.45. The fraction of sp³-hybridized carbons (Fsp3) is 0.118. The van der Waals surface area contributed by atoms with Gasteiger partial charge >= 0.3 is 0 Å². The van der Waals surface area contributed by atoms with Crippen molar-refractivity contribution in [2.75, 3.05) is 19.1 Å². The smallest absolute Gasteiger partial charge is 0.185 e. The Hall–Kier alpha value is -2.13. The van der Waals surface area contributed by atoms with E-state index in [0.29, 0.717) is 0 Å². The molecule has 0 saturated carbocycles. The number of nitrogens with zero attached hydrogens (tertiary/aromatic N) is 2. The molecule has 3 aromatic rings. The van der Waals surface area contributed by atoms with Gasteiger partial charge in [0.15, 0.2) is 0 Å². The first-order valence-electron chi connectivity index (χ1n) is 6.60. The quantitative estimate of drug-likeness (QED) is 0.666. The van der Waals surface area contributed by atoms with Gasteiger partial charge in [0.1, 0.15) is 4.70 Å². The van der Waals surface area contributed by atoms with Crippen LogP contribution in [0.15, 0.2) is 54.6 Å². The van der Waals surface area contributed by atoms with Crippen molar-refractivity contribution >= 4 is 33.7 Å². The highest BCUT2D eigenvalue weighted by atomic mass is 32.1. The predicted octanol–water partition coefficient (Wildman–Crippen LogP) is 3.56. The summed E-state index contributed by atoms with van der Waals surface area (Å²) in [7, 11) is 4.14. The Morgan fingerprint density at radius 3 is 2.35 bits per heavy atom. The Morgan fingerprint density at radius 2 is 1.60 bits per heavy atom. The molecule has 0 bridgehead atoms. The zero-order valence-corrected chi connectivity index (χ0v) is 12.5. The van der Waals surface area contributed by atoms with Crippen LogP contribution in [-0.2, 0) is 0 Å². The van der Waals surface area contributed by atoms with Crippen LogP contribution in [0.1, 0.15) is 10.6 Å². The molecule has 0 aliphatic rings. The predicted molar refractivity (Wildman–Crippen MR) is 87.5 cm³/mol. The third-order valence-corrected chi connectivity index (χ3v) is 4.22. The van der Waals surface area contributed by atoms with Crippen LogP contribution in [0.2, 0.25) is 0 Å². The van der Waals surface area contributed by atoms with Crippen LogP contribution in [0.3, 0.4) is 0 Å². The van der Waals surface area contributed by atoms with E-state index in [1.165, 1.54) is 20.8 Å². The van der Waals surface area contributed by atoms with Gasteiger partial charge in [-0.2, -0.15) is 5.01 Å². The molecule has 1 aromatic heterocycles. The maximum atomic E-state index is 2.24. The Labute approximate surface area is 123 Å². The number of rotatable bonds is 3. The zero-order chi connectivity index (χ0) is 13.9. The Bertz CT molecular complexity index is 742. The highest BCUT2D eigenvalue weighted by Crippen LogP contribution is 2.21. The lowest BCUT2D eigenvalue weighted by Gasteiger charge is -2.04. The fourth-order valence-electron chi connectivity index (χ4n) is 2.24. The van der Waals surface area contributed by atoms with E-state index in [1.807, 2.05) is 6.07 Å². The average Bonchev–Trinajstić information content (AvgIpc) is 2.84. The van der Waals surface area contributed by atoms with Crippen LogP contribution in [0.4, 0.5) is 0 Å². The minimum absolute atomic E-state index is 1.22. The number of para-hydroxylation sites is 1. The topological polar surface area (TPSA) is 7.12 Å². The van der Waals surface area contributed by atoms with Crippen molar-refractivity contribution in [2.24, 2.45) is 0 Å².